The van der Waals surface area contributed by atoms with Gasteiger partial charge in [-0.2, -0.15) is 5.10 Å². The zero-order valence-corrected chi connectivity index (χ0v) is 17.2. The summed E-state index contributed by atoms with van der Waals surface area (Å²) in [6, 6.07) is 10.4. The van der Waals surface area contributed by atoms with Crippen molar-refractivity contribution >= 4 is 5.91 Å². The first kappa shape index (κ1) is 19.2. The molecule has 2 heterocycles. The first-order chi connectivity index (χ1) is 13.4. The van der Waals surface area contributed by atoms with Crippen molar-refractivity contribution in [1.82, 2.24) is 14.7 Å². The van der Waals surface area contributed by atoms with Crippen molar-refractivity contribution in [3.63, 3.8) is 0 Å². The highest BCUT2D eigenvalue weighted by molar-refractivity contribution is 5.92. The lowest BCUT2D eigenvalue weighted by molar-refractivity contribution is 0.0359. The third-order valence-electron chi connectivity index (χ3n) is 6.51. The Labute approximate surface area is 167 Å². The maximum atomic E-state index is 13.2. The average Bonchev–Trinajstić information content (AvgIpc) is 3.21. The van der Waals surface area contributed by atoms with E-state index in [1.54, 1.807) is 0 Å². The minimum absolute atomic E-state index is 0.0694. The Bertz CT molecular complexity index is 862. The second-order valence-corrected chi connectivity index (χ2v) is 8.76. The Hall–Kier alpha value is -2.14. The van der Waals surface area contributed by atoms with Gasteiger partial charge in [0.1, 0.15) is 5.69 Å². The molecule has 1 aromatic carbocycles. The number of aryl methyl sites for hydroxylation is 1. The van der Waals surface area contributed by atoms with E-state index in [1.165, 1.54) is 11.1 Å². The second kappa shape index (κ2) is 7.36. The summed E-state index contributed by atoms with van der Waals surface area (Å²) < 4.78 is 1.84. The van der Waals surface area contributed by atoms with Crippen LogP contribution in [-0.4, -0.2) is 44.9 Å². The molecule has 2 aliphatic rings. The number of benzene rings is 1. The number of amides is 1. The van der Waals surface area contributed by atoms with Crippen LogP contribution in [0.15, 0.2) is 30.3 Å². The van der Waals surface area contributed by atoms with Crippen LogP contribution in [0.4, 0.5) is 0 Å². The molecule has 1 N–H and O–H groups in total. The molecule has 1 aliphatic carbocycles. The Morgan fingerprint density at radius 1 is 1.29 bits per heavy atom. The van der Waals surface area contributed by atoms with Gasteiger partial charge in [-0.05, 0) is 55.7 Å². The summed E-state index contributed by atoms with van der Waals surface area (Å²) in [5.74, 6) is 0.585. The van der Waals surface area contributed by atoms with Gasteiger partial charge in [-0.15, -0.1) is 0 Å². The number of fused-ring (bicyclic) bond motifs is 2. The standard InChI is InChI=1S/C23H31N3O2/c1-4-26-20(15-18(24-26)13-16(2)3)22(28)25-11-9-23(10-12-25)19-8-6-5-7-17(19)14-21(23)27/h5-8,15-16,21,27H,4,9-14H2,1-3H3/t21-/m0/s1. The van der Waals surface area contributed by atoms with Gasteiger partial charge in [0.15, 0.2) is 0 Å². The molecule has 1 spiro atoms. The third kappa shape index (κ3) is 3.16. The van der Waals surface area contributed by atoms with Crippen LogP contribution >= 0.6 is 0 Å². The number of carbonyl (C=O) groups excluding carboxylic acids is 1. The molecule has 4 rings (SSSR count). The van der Waals surface area contributed by atoms with E-state index in [1.807, 2.05) is 28.6 Å². The van der Waals surface area contributed by atoms with E-state index in [2.05, 4.69) is 37.1 Å². The fraction of sp³-hybridized carbons (Fsp3) is 0.565. The summed E-state index contributed by atoms with van der Waals surface area (Å²) in [5.41, 5.74) is 4.04. The summed E-state index contributed by atoms with van der Waals surface area (Å²) >= 11 is 0. The number of likely N-dealkylation sites (tertiary alicyclic amines) is 1. The van der Waals surface area contributed by atoms with E-state index >= 15 is 0 Å². The molecule has 1 fully saturated rings. The molecule has 1 saturated heterocycles. The van der Waals surface area contributed by atoms with Crippen LogP contribution in [-0.2, 0) is 24.8 Å². The van der Waals surface area contributed by atoms with Gasteiger partial charge in [0.05, 0.1) is 11.8 Å². The van der Waals surface area contributed by atoms with Crippen LogP contribution in [0.3, 0.4) is 0 Å². The molecule has 0 unspecified atom stereocenters. The summed E-state index contributed by atoms with van der Waals surface area (Å²) in [4.78, 5) is 15.2. The quantitative estimate of drug-likeness (QED) is 0.885. The molecule has 150 valence electrons. The normalized spacial score (nSPS) is 20.8. The average molecular weight is 382 g/mol. The van der Waals surface area contributed by atoms with Gasteiger partial charge in [-0.1, -0.05) is 38.1 Å². The van der Waals surface area contributed by atoms with Crippen molar-refractivity contribution in [2.24, 2.45) is 5.92 Å². The third-order valence-corrected chi connectivity index (χ3v) is 6.51. The fourth-order valence-corrected chi connectivity index (χ4v) is 5.04. The van der Waals surface area contributed by atoms with E-state index in [0.717, 1.165) is 31.4 Å². The number of aliphatic hydroxyl groups is 1. The summed E-state index contributed by atoms with van der Waals surface area (Å²) in [7, 11) is 0. The Balaban J connectivity index is 1.52. The maximum Gasteiger partial charge on any atom is 0.272 e. The van der Waals surface area contributed by atoms with Crippen LogP contribution in [0.2, 0.25) is 0 Å². The molecule has 1 aromatic heterocycles. The van der Waals surface area contributed by atoms with Gasteiger partial charge in [-0.25, -0.2) is 0 Å². The highest BCUT2D eigenvalue weighted by Crippen LogP contribution is 2.46. The van der Waals surface area contributed by atoms with Gasteiger partial charge in [0.2, 0.25) is 0 Å². The SMILES string of the molecule is CCn1nc(CC(C)C)cc1C(=O)N1CCC2(CC1)c1ccccc1C[C@@H]2O. The minimum Gasteiger partial charge on any atom is -0.392 e. The van der Waals surface area contributed by atoms with Crippen LogP contribution in [0.1, 0.15) is 60.9 Å². The van der Waals surface area contributed by atoms with Gasteiger partial charge < -0.3 is 10.0 Å². The first-order valence-corrected chi connectivity index (χ1v) is 10.6. The van der Waals surface area contributed by atoms with Crippen LogP contribution < -0.4 is 0 Å². The zero-order chi connectivity index (χ0) is 19.9. The van der Waals surface area contributed by atoms with Gasteiger partial charge in [0, 0.05) is 25.0 Å². The van der Waals surface area contributed by atoms with Crippen molar-refractivity contribution < 1.29 is 9.90 Å². The number of nitrogens with zero attached hydrogens (tertiary/aromatic N) is 3. The van der Waals surface area contributed by atoms with Crippen molar-refractivity contribution in [3.05, 3.63) is 52.8 Å². The lowest BCUT2D eigenvalue weighted by atomic mass is 9.72. The molecular weight excluding hydrogens is 350 g/mol. The van der Waals surface area contributed by atoms with Gasteiger partial charge in [0.25, 0.3) is 5.91 Å². The summed E-state index contributed by atoms with van der Waals surface area (Å²) in [6.07, 6.45) is 2.90. The number of hydrogen-bond donors (Lipinski definition) is 1. The first-order valence-electron chi connectivity index (χ1n) is 10.6. The number of carbonyl (C=O) groups is 1. The molecule has 1 amide bonds. The number of aliphatic hydroxyl groups excluding tert-OH is 1. The Morgan fingerprint density at radius 2 is 2.00 bits per heavy atom. The molecule has 0 radical (unpaired) electrons. The van der Waals surface area contributed by atoms with Crippen molar-refractivity contribution in [1.29, 1.82) is 0 Å². The predicted octanol–water partition coefficient (Wildman–Crippen LogP) is 3.19. The van der Waals surface area contributed by atoms with Gasteiger partial charge in [-0.3, -0.25) is 9.48 Å². The molecule has 1 atom stereocenters. The molecule has 2 aromatic rings. The van der Waals surface area contributed by atoms with Crippen molar-refractivity contribution in [2.45, 2.75) is 64.5 Å². The lowest BCUT2D eigenvalue weighted by Crippen LogP contribution is -2.49. The highest BCUT2D eigenvalue weighted by atomic mass is 16.3. The topological polar surface area (TPSA) is 58.4 Å². The maximum absolute atomic E-state index is 13.2. The molecule has 1 aliphatic heterocycles. The van der Waals surface area contributed by atoms with E-state index in [4.69, 9.17) is 0 Å². The molecular formula is C23H31N3O2. The van der Waals surface area contributed by atoms with Crippen molar-refractivity contribution in [3.8, 4) is 0 Å². The van der Waals surface area contributed by atoms with E-state index < -0.39 is 0 Å². The minimum atomic E-state index is -0.346. The van der Waals surface area contributed by atoms with Crippen molar-refractivity contribution in [2.75, 3.05) is 13.1 Å². The molecule has 28 heavy (non-hydrogen) atoms. The van der Waals surface area contributed by atoms with E-state index in [-0.39, 0.29) is 17.4 Å². The predicted molar refractivity (Wildman–Crippen MR) is 109 cm³/mol. The number of piperidine rings is 1. The summed E-state index contributed by atoms with van der Waals surface area (Å²) in [6.45, 7) is 8.42. The van der Waals surface area contributed by atoms with Gasteiger partial charge >= 0.3 is 0 Å². The van der Waals surface area contributed by atoms with Crippen LogP contribution in [0, 0.1) is 5.92 Å². The van der Waals surface area contributed by atoms with Crippen LogP contribution in [0.5, 0.6) is 0 Å². The monoisotopic (exact) mass is 381 g/mol. The lowest BCUT2D eigenvalue weighted by Gasteiger charge is -2.42. The smallest absolute Gasteiger partial charge is 0.272 e. The fourth-order valence-electron chi connectivity index (χ4n) is 5.04. The highest BCUT2D eigenvalue weighted by Gasteiger charge is 2.48. The molecule has 0 bridgehead atoms. The molecule has 0 saturated carbocycles. The summed E-state index contributed by atoms with van der Waals surface area (Å²) in [5, 5.41) is 15.4. The second-order valence-electron chi connectivity index (χ2n) is 8.76. The zero-order valence-electron chi connectivity index (χ0n) is 17.2. The number of hydrogen-bond acceptors (Lipinski definition) is 3. The molecule has 5 heteroatoms. The van der Waals surface area contributed by atoms with E-state index in [9.17, 15) is 9.90 Å². The Morgan fingerprint density at radius 3 is 2.68 bits per heavy atom. The number of rotatable bonds is 4. The van der Waals surface area contributed by atoms with Crippen LogP contribution in [0.25, 0.3) is 0 Å². The molecule has 5 nitrogen and oxygen atoms in total. The Kier molecular flexibility index (Phi) is 5.04. The number of aromatic nitrogens is 2. The van der Waals surface area contributed by atoms with E-state index in [0.29, 0.717) is 31.2 Å². The largest absolute Gasteiger partial charge is 0.392 e.